The Hall–Kier alpha value is -1.93. The molecule has 5 heteroatoms. The molecule has 2 heterocycles. The summed E-state index contributed by atoms with van der Waals surface area (Å²) in [5.41, 5.74) is 3.01. The highest BCUT2D eigenvalue weighted by Crippen LogP contribution is 2.36. The molecule has 90 valence electrons. The first-order valence-corrected chi connectivity index (χ1v) is 6.70. The van der Waals surface area contributed by atoms with E-state index in [0.717, 1.165) is 28.8 Å². The molecule has 0 spiro atoms. The van der Waals surface area contributed by atoms with Gasteiger partial charge in [-0.3, -0.25) is 4.79 Å². The van der Waals surface area contributed by atoms with Gasteiger partial charge in [0.15, 0.2) is 0 Å². The Morgan fingerprint density at radius 3 is 3.06 bits per heavy atom. The van der Waals surface area contributed by atoms with Crippen molar-refractivity contribution in [1.29, 1.82) is 5.26 Å². The van der Waals surface area contributed by atoms with Gasteiger partial charge in [-0.1, -0.05) is 0 Å². The summed E-state index contributed by atoms with van der Waals surface area (Å²) in [5, 5.41) is 12.6. The Kier molecular flexibility index (Phi) is 2.73. The molecule has 1 N–H and O–H groups in total. The number of fused-ring (bicyclic) bond motifs is 2. The van der Waals surface area contributed by atoms with Gasteiger partial charge in [0.25, 0.3) is 0 Å². The zero-order chi connectivity index (χ0) is 12.5. The Morgan fingerprint density at radius 1 is 1.44 bits per heavy atom. The lowest BCUT2D eigenvalue weighted by molar-refractivity contribution is -0.105. The molecular formula is C13H11N3OS. The minimum Gasteiger partial charge on any atom is -0.326 e. The highest BCUT2D eigenvalue weighted by Gasteiger charge is 2.17. The topological polar surface area (TPSA) is 65.8 Å². The van der Waals surface area contributed by atoms with Crippen molar-refractivity contribution in [3.63, 3.8) is 0 Å². The summed E-state index contributed by atoms with van der Waals surface area (Å²) in [7, 11) is 0. The number of aromatic nitrogens is 1. The van der Waals surface area contributed by atoms with Crippen LogP contribution in [0.2, 0.25) is 0 Å². The molecule has 1 aliphatic carbocycles. The fourth-order valence-corrected chi connectivity index (χ4v) is 3.36. The summed E-state index contributed by atoms with van der Waals surface area (Å²) >= 11 is 1.34. The second-order valence-corrected chi connectivity index (χ2v) is 5.33. The number of carbonyl (C=O) groups is 1. The molecule has 0 aliphatic heterocycles. The molecule has 4 nitrogen and oxygen atoms in total. The van der Waals surface area contributed by atoms with E-state index < -0.39 is 0 Å². The second-order valence-electron chi connectivity index (χ2n) is 4.33. The van der Waals surface area contributed by atoms with Gasteiger partial charge in [-0.2, -0.15) is 5.26 Å². The molecule has 0 unspecified atom stereocenters. The average molecular weight is 257 g/mol. The number of nitrogens with one attached hydrogen (secondary N) is 1. The predicted octanol–water partition coefficient (Wildman–Crippen LogP) is 2.62. The van der Waals surface area contributed by atoms with E-state index in [2.05, 4.69) is 22.4 Å². The molecule has 0 bridgehead atoms. The van der Waals surface area contributed by atoms with Crippen LogP contribution in [-0.4, -0.2) is 11.4 Å². The third-order valence-corrected chi connectivity index (χ3v) is 4.27. The molecule has 3 rings (SSSR count). The third-order valence-electron chi connectivity index (χ3n) is 3.27. The quantitative estimate of drug-likeness (QED) is 0.841. The maximum atomic E-state index is 10.6. The van der Waals surface area contributed by atoms with Crippen LogP contribution in [0.5, 0.6) is 0 Å². The zero-order valence-electron chi connectivity index (χ0n) is 9.69. The van der Waals surface area contributed by atoms with Crippen LogP contribution in [0, 0.1) is 11.3 Å². The number of anilines is 1. The molecule has 0 radical (unpaired) electrons. The van der Waals surface area contributed by atoms with E-state index >= 15 is 0 Å². The van der Waals surface area contributed by atoms with Gasteiger partial charge in [0, 0.05) is 11.1 Å². The standard InChI is InChI=1S/C13H11N3OS/c14-6-11-12(15-7-17)9-5-8-3-1-2-4-10(8)16-13(9)18-11/h5,7H,1-4H2,(H,15,17). The Bertz CT molecular complexity index is 669. The summed E-state index contributed by atoms with van der Waals surface area (Å²) in [6.07, 6.45) is 5.03. The monoisotopic (exact) mass is 257 g/mol. The van der Waals surface area contributed by atoms with Crippen molar-refractivity contribution in [3.8, 4) is 6.07 Å². The van der Waals surface area contributed by atoms with Crippen LogP contribution in [0.15, 0.2) is 6.07 Å². The first-order chi connectivity index (χ1) is 8.83. The number of thiophene rings is 1. The molecule has 2 aromatic heterocycles. The lowest BCUT2D eigenvalue weighted by Crippen LogP contribution is -2.05. The fourth-order valence-electron chi connectivity index (χ4n) is 2.42. The van der Waals surface area contributed by atoms with Crippen molar-refractivity contribution in [2.75, 3.05) is 5.32 Å². The van der Waals surface area contributed by atoms with Gasteiger partial charge in [-0.05, 0) is 37.3 Å². The van der Waals surface area contributed by atoms with Gasteiger partial charge in [0.2, 0.25) is 6.41 Å². The van der Waals surface area contributed by atoms with Crippen LogP contribution in [0.25, 0.3) is 10.2 Å². The number of aryl methyl sites for hydroxylation is 2. The van der Waals surface area contributed by atoms with Gasteiger partial charge in [0.1, 0.15) is 15.8 Å². The molecule has 2 aromatic rings. The van der Waals surface area contributed by atoms with E-state index in [1.165, 1.54) is 29.7 Å². The molecule has 1 aliphatic rings. The molecule has 0 saturated heterocycles. The summed E-state index contributed by atoms with van der Waals surface area (Å²) in [6, 6.07) is 4.20. The maximum Gasteiger partial charge on any atom is 0.211 e. The number of rotatable bonds is 2. The van der Waals surface area contributed by atoms with Crippen LogP contribution < -0.4 is 5.32 Å². The largest absolute Gasteiger partial charge is 0.326 e. The number of carbonyl (C=O) groups excluding carboxylic acids is 1. The van der Waals surface area contributed by atoms with Gasteiger partial charge in [-0.15, -0.1) is 11.3 Å². The van der Waals surface area contributed by atoms with Gasteiger partial charge >= 0.3 is 0 Å². The molecule has 18 heavy (non-hydrogen) atoms. The molecule has 0 fully saturated rings. The number of nitrogens with zero attached hydrogens (tertiary/aromatic N) is 2. The van der Waals surface area contributed by atoms with E-state index in [9.17, 15) is 4.79 Å². The number of nitriles is 1. The van der Waals surface area contributed by atoms with Crippen molar-refractivity contribution >= 4 is 33.7 Å². The zero-order valence-corrected chi connectivity index (χ0v) is 10.5. The molecule has 0 atom stereocenters. The highest BCUT2D eigenvalue weighted by atomic mass is 32.1. The summed E-state index contributed by atoms with van der Waals surface area (Å²) in [5.74, 6) is 0. The van der Waals surface area contributed by atoms with E-state index in [1.807, 2.05) is 0 Å². The van der Waals surface area contributed by atoms with Crippen LogP contribution >= 0.6 is 11.3 Å². The molecule has 0 saturated carbocycles. The van der Waals surface area contributed by atoms with E-state index in [4.69, 9.17) is 5.26 Å². The predicted molar refractivity (Wildman–Crippen MR) is 70.7 cm³/mol. The van der Waals surface area contributed by atoms with Gasteiger partial charge < -0.3 is 5.32 Å². The van der Waals surface area contributed by atoms with Gasteiger partial charge in [-0.25, -0.2) is 4.98 Å². The SMILES string of the molecule is N#Cc1sc2nc3c(cc2c1NC=O)CCCC3. The normalized spacial score (nSPS) is 13.9. The van der Waals surface area contributed by atoms with Crippen LogP contribution in [0.4, 0.5) is 5.69 Å². The van der Waals surface area contributed by atoms with Crippen molar-refractivity contribution in [3.05, 3.63) is 22.2 Å². The van der Waals surface area contributed by atoms with Crippen LogP contribution in [-0.2, 0) is 17.6 Å². The summed E-state index contributed by atoms with van der Waals surface area (Å²) in [4.78, 5) is 16.6. The lowest BCUT2D eigenvalue weighted by Gasteiger charge is -2.14. The smallest absolute Gasteiger partial charge is 0.211 e. The maximum absolute atomic E-state index is 10.6. The third kappa shape index (κ3) is 1.66. The number of amides is 1. The highest BCUT2D eigenvalue weighted by molar-refractivity contribution is 7.19. The number of hydrogen-bond donors (Lipinski definition) is 1. The van der Waals surface area contributed by atoms with Gasteiger partial charge in [0.05, 0.1) is 5.69 Å². The van der Waals surface area contributed by atoms with E-state index in [-0.39, 0.29) is 0 Å². The van der Waals surface area contributed by atoms with E-state index in [0.29, 0.717) is 17.0 Å². The second kappa shape index (κ2) is 4.39. The molecule has 1 amide bonds. The summed E-state index contributed by atoms with van der Waals surface area (Å²) < 4.78 is 0. The van der Waals surface area contributed by atoms with Crippen molar-refractivity contribution < 1.29 is 4.79 Å². The minimum absolute atomic E-state index is 0.520. The van der Waals surface area contributed by atoms with Crippen molar-refractivity contribution in [2.24, 2.45) is 0 Å². The summed E-state index contributed by atoms with van der Waals surface area (Å²) in [6.45, 7) is 0. The fraction of sp³-hybridized carbons (Fsp3) is 0.308. The number of pyridine rings is 1. The Morgan fingerprint density at radius 2 is 2.28 bits per heavy atom. The number of hydrogen-bond acceptors (Lipinski definition) is 4. The van der Waals surface area contributed by atoms with E-state index in [1.54, 1.807) is 0 Å². The Balaban J connectivity index is 2.26. The van der Waals surface area contributed by atoms with Crippen molar-refractivity contribution in [2.45, 2.75) is 25.7 Å². The molecule has 0 aromatic carbocycles. The minimum atomic E-state index is 0.520. The Labute approximate surface area is 108 Å². The van der Waals surface area contributed by atoms with Crippen LogP contribution in [0.3, 0.4) is 0 Å². The van der Waals surface area contributed by atoms with Crippen LogP contribution in [0.1, 0.15) is 29.0 Å². The molecular weight excluding hydrogens is 246 g/mol. The first kappa shape index (κ1) is 11.2. The lowest BCUT2D eigenvalue weighted by atomic mass is 9.95. The average Bonchev–Trinajstić information content (AvgIpc) is 2.74. The first-order valence-electron chi connectivity index (χ1n) is 5.89. The van der Waals surface area contributed by atoms with Crippen molar-refractivity contribution in [1.82, 2.24) is 4.98 Å².